The van der Waals surface area contributed by atoms with Crippen molar-refractivity contribution < 1.29 is 14.3 Å². The molecule has 0 N–H and O–H groups in total. The van der Waals surface area contributed by atoms with Crippen molar-refractivity contribution in [3.63, 3.8) is 0 Å². The summed E-state index contributed by atoms with van der Waals surface area (Å²) >= 11 is 6.32. The van der Waals surface area contributed by atoms with E-state index in [0.29, 0.717) is 30.1 Å². The Morgan fingerprint density at radius 1 is 1.14 bits per heavy atom. The number of ether oxygens (including phenoxy) is 2. The Bertz CT molecular complexity index is 625. The Morgan fingerprint density at radius 2 is 1.86 bits per heavy atom. The summed E-state index contributed by atoms with van der Waals surface area (Å²) in [5.74, 6) is 1.21. The molecular weight excluding hydrogens is 300 g/mol. The van der Waals surface area contributed by atoms with Crippen LogP contribution < -0.4 is 9.47 Å². The maximum Gasteiger partial charge on any atom is 0.180 e. The minimum atomic E-state index is -0.645. The van der Waals surface area contributed by atoms with E-state index in [1.165, 1.54) is 0 Å². The predicted molar refractivity (Wildman–Crippen MR) is 88.3 cm³/mol. The van der Waals surface area contributed by atoms with Crippen LogP contribution >= 0.6 is 11.6 Å². The van der Waals surface area contributed by atoms with Gasteiger partial charge in [-0.15, -0.1) is 11.6 Å². The van der Waals surface area contributed by atoms with E-state index in [4.69, 9.17) is 21.1 Å². The Balaban J connectivity index is 2.21. The molecule has 2 aromatic rings. The van der Waals surface area contributed by atoms with Crippen LogP contribution in [0.5, 0.6) is 11.5 Å². The molecule has 0 saturated heterocycles. The Labute approximate surface area is 135 Å². The van der Waals surface area contributed by atoms with Gasteiger partial charge in [0.25, 0.3) is 0 Å². The third-order valence-electron chi connectivity index (χ3n) is 3.31. The maximum atomic E-state index is 12.4. The quantitative estimate of drug-likeness (QED) is 0.569. The highest BCUT2D eigenvalue weighted by Crippen LogP contribution is 2.32. The molecule has 0 radical (unpaired) electrons. The normalized spacial score (nSPS) is 11.8. The van der Waals surface area contributed by atoms with Gasteiger partial charge in [0.15, 0.2) is 17.3 Å². The van der Waals surface area contributed by atoms with Crippen molar-refractivity contribution >= 4 is 17.4 Å². The lowest BCUT2D eigenvalue weighted by Gasteiger charge is -2.16. The molecule has 1 unspecified atom stereocenters. The molecule has 0 saturated carbocycles. The summed E-state index contributed by atoms with van der Waals surface area (Å²) < 4.78 is 11.0. The van der Waals surface area contributed by atoms with Gasteiger partial charge < -0.3 is 9.47 Å². The summed E-state index contributed by atoms with van der Waals surface area (Å²) in [6.45, 7) is 2.43. The van der Waals surface area contributed by atoms with E-state index in [2.05, 4.69) is 0 Å². The molecule has 4 heteroatoms. The number of halogens is 1. The Morgan fingerprint density at radius 3 is 2.50 bits per heavy atom. The predicted octanol–water partition coefficient (Wildman–Crippen LogP) is 4.13. The van der Waals surface area contributed by atoms with Gasteiger partial charge in [0, 0.05) is 5.56 Å². The van der Waals surface area contributed by atoms with E-state index in [0.717, 1.165) is 5.56 Å². The number of carbonyl (C=O) groups excluding carboxylic acids is 1. The molecule has 2 rings (SSSR count). The van der Waals surface area contributed by atoms with Crippen molar-refractivity contribution in [2.24, 2.45) is 0 Å². The zero-order valence-corrected chi connectivity index (χ0v) is 13.5. The van der Waals surface area contributed by atoms with Gasteiger partial charge in [0.1, 0.15) is 5.38 Å². The van der Waals surface area contributed by atoms with Crippen LogP contribution in [0, 0.1) is 0 Å². The number of rotatable bonds is 7. The number of methoxy groups -OCH3 is 1. The number of Topliss-reactive ketones (excluding diaryl/α,β-unsaturated/α-hetero) is 1. The van der Waals surface area contributed by atoms with Crippen LogP contribution in [0.15, 0.2) is 48.5 Å². The molecule has 0 bridgehead atoms. The average Bonchev–Trinajstić information content (AvgIpc) is 2.56. The van der Waals surface area contributed by atoms with Crippen molar-refractivity contribution in [2.75, 3.05) is 13.7 Å². The molecule has 2 aromatic carbocycles. The smallest absolute Gasteiger partial charge is 0.180 e. The summed E-state index contributed by atoms with van der Waals surface area (Å²) in [6, 6.07) is 14.7. The fourth-order valence-electron chi connectivity index (χ4n) is 2.26. The van der Waals surface area contributed by atoms with Crippen molar-refractivity contribution in [1.82, 2.24) is 0 Å². The summed E-state index contributed by atoms with van der Waals surface area (Å²) in [7, 11) is 1.59. The van der Waals surface area contributed by atoms with Gasteiger partial charge in [-0.2, -0.15) is 0 Å². The van der Waals surface area contributed by atoms with Gasteiger partial charge in [0.05, 0.1) is 13.7 Å². The van der Waals surface area contributed by atoms with Crippen molar-refractivity contribution in [2.45, 2.75) is 18.7 Å². The SMILES string of the molecule is CCOc1c(CC(Cl)C(=O)c2ccccc2)cccc1OC. The molecule has 0 heterocycles. The van der Waals surface area contributed by atoms with E-state index in [1.807, 2.05) is 43.3 Å². The molecule has 22 heavy (non-hydrogen) atoms. The molecule has 0 amide bonds. The first kappa shape index (κ1) is 16.4. The van der Waals surface area contributed by atoms with E-state index in [9.17, 15) is 4.79 Å². The highest BCUT2D eigenvalue weighted by molar-refractivity contribution is 6.34. The Hall–Kier alpha value is -2.00. The molecule has 0 aliphatic carbocycles. The number of benzene rings is 2. The second-order valence-electron chi connectivity index (χ2n) is 4.78. The zero-order chi connectivity index (χ0) is 15.9. The minimum absolute atomic E-state index is 0.0902. The van der Waals surface area contributed by atoms with E-state index >= 15 is 0 Å². The summed E-state index contributed by atoms with van der Waals surface area (Å²) in [5.41, 5.74) is 1.48. The highest BCUT2D eigenvalue weighted by atomic mass is 35.5. The number of alkyl halides is 1. The van der Waals surface area contributed by atoms with Crippen LogP contribution in [-0.4, -0.2) is 24.9 Å². The van der Waals surface area contributed by atoms with Crippen LogP contribution in [0.1, 0.15) is 22.8 Å². The van der Waals surface area contributed by atoms with E-state index in [-0.39, 0.29) is 5.78 Å². The summed E-state index contributed by atoms with van der Waals surface area (Å²) in [6.07, 6.45) is 0.391. The molecule has 116 valence electrons. The van der Waals surface area contributed by atoms with Gasteiger partial charge >= 0.3 is 0 Å². The van der Waals surface area contributed by atoms with Gasteiger partial charge in [0.2, 0.25) is 0 Å². The minimum Gasteiger partial charge on any atom is -0.493 e. The number of ketones is 1. The monoisotopic (exact) mass is 318 g/mol. The third kappa shape index (κ3) is 3.80. The first-order chi connectivity index (χ1) is 10.7. The van der Waals surface area contributed by atoms with Gasteiger partial charge in [-0.25, -0.2) is 0 Å². The van der Waals surface area contributed by atoms with Gasteiger partial charge in [-0.3, -0.25) is 4.79 Å². The number of carbonyl (C=O) groups is 1. The molecule has 0 spiro atoms. The van der Waals surface area contributed by atoms with E-state index in [1.54, 1.807) is 19.2 Å². The molecule has 0 aromatic heterocycles. The lowest BCUT2D eigenvalue weighted by Crippen LogP contribution is -2.18. The standard InChI is InChI=1S/C18H19ClO3/c1-3-22-18-14(10-7-11-16(18)21-2)12-15(19)17(20)13-8-5-4-6-9-13/h4-11,15H,3,12H2,1-2H3. The summed E-state index contributed by atoms with van der Waals surface area (Å²) in [4.78, 5) is 12.4. The zero-order valence-electron chi connectivity index (χ0n) is 12.7. The molecule has 0 fully saturated rings. The second kappa shape index (κ2) is 7.85. The molecule has 0 aliphatic rings. The molecular formula is C18H19ClO3. The first-order valence-electron chi connectivity index (χ1n) is 7.19. The average molecular weight is 319 g/mol. The fraction of sp³-hybridized carbons (Fsp3) is 0.278. The molecule has 3 nitrogen and oxygen atoms in total. The van der Waals surface area contributed by atoms with E-state index < -0.39 is 5.38 Å². The van der Waals surface area contributed by atoms with Crippen LogP contribution in [0.25, 0.3) is 0 Å². The van der Waals surface area contributed by atoms with Crippen molar-refractivity contribution in [3.8, 4) is 11.5 Å². The first-order valence-corrected chi connectivity index (χ1v) is 7.63. The van der Waals surface area contributed by atoms with Crippen molar-refractivity contribution in [3.05, 3.63) is 59.7 Å². The number of para-hydroxylation sites is 1. The largest absolute Gasteiger partial charge is 0.493 e. The van der Waals surface area contributed by atoms with Gasteiger partial charge in [-0.05, 0) is 25.0 Å². The van der Waals surface area contributed by atoms with Crippen LogP contribution in [-0.2, 0) is 6.42 Å². The topological polar surface area (TPSA) is 35.5 Å². The van der Waals surface area contributed by atoms with Crippen LogP contribution in [0.4, 0.5) is 0 Å². The van der Waals surface area contributed by atoms with Crippen LogP contribution in [0.2, 0.25) is 0 Å². The lowest BCUT2D eigenvalue weighted by molar-refractivity contribution is 0.0986. The van der Waals surface area contributed by atoms with Crippen molar-refractivity contribution in [1.29, 1.82) is 0 Å². The molecule has 1 atom stereocenters. The number of hydrogen-bond donors (Lipinski definition) is 0. The van der Waals surface area contributed by atoms with Gasteiger partial charge in [-0.1, -0.05) is 42.5 Å². The molecule has 0 aliphatic heterocycles. The highest BCUT2D eigenvalue weighted by Gasteiger charge is 2.21. The Kier molecular flexibility index (Phi) is 5.84. The van der Waals surface area contributed by atoms with Crippen LogP contribution in [0.3, 0.4) is 0 Å². The number of hydrogen-bond acceptors (Lipinski definition) is 3. The fourth-order valence-corrected chi connectivity index (χ4v) is 2.55. The maximum absolute atomic E-state index is 12.4. The summed E-state index contributed by atoms with van der Waals surface area (Å²) in [5, 5.41) is -0.645. The lowest BCUT2D eigenvalue weighted by atomic mass is 10.0. The third-order valence-corrected chi connectivity index (χ3v) is 3.66. The second-order valence-corrected chi connectivity index (χ2v) is 5.31.